The van der Waals surface area contributed by atoms with E-state index in [2.05, 4.69) is 35.7 Å². The molecule has 0 saturated carbocycles. The van der Waals surface area contributed by atoms with Crippen LogP contribution in [0.15, 0.2) is 0 Å². The molecule has 0 aliphatic rings. The number of hydrogen-bond acceptors (Lipinski definition) is 0. The lowest BCUT2D eigenvalue weighted by molar-refractivity contribution is 0.868. The summed E-state index contributed by atoms with van der Waals surface area (Å²) in [4.78, 5) is 0. The average Bonchev–Trinajstić information content (AvgIpc) is 1.65. The minimum atomic E-state index is -0.452. The summed E-state index contributed by atoms with van der Waals surface area (Å²) in [6, 6.07) is 0. The summed E-state index contributed by atoms with van der Waals surface area (Å²) < 4.78 is 0. The van der Waals surface area contributed by atoms with Gasteiger partial charge in [-0.1, -0.05) is 26.8 Å². The molecule has 0 amide bonds. The molecular weight excluding hydrogens is 168 g/mol. The van der Waals surface area contributed by atoms with Crippen LogP contribution >= 0.6 is 15.3 Å². The Bertz CT molecular complexity index is 45.3. The first-order valence-electron chi connectivity index (χ1n) is 2.82. The van der Waals surface area contributed by atoms with Crippen LogP contribution in [-0.2, 0) is 0 Å². The maximum Gasteiger partial charge on any atom is 0.114 e. The molecule has 0 aromatic heterocycles. The highest BCUT2D eigenvalue weighted by Crippen LogP contribution is 2.16. The van der Waals surface area contributed by atoms with E-state index in [0.717, 1.165) is 5.54 Å². The van der Waals surface area contributed by atoms with Crippen molar-refractivity contribution in [1.29, 1.82) is 0 Å². The van der Waals surface area contributed by atoms with Crippen molar-refractivity contribution in [3.63, 3.8) is 0 Å². The van der Waals surface area contributed by atoms with Crippen molar-refractivity contribution in [2.45, 2.75) is 32.4 Å². The molecular formula is C5H13BrSi. The molecule has 0 heterocycles. The standard InChI is InChI=1S/C5H13BrSi/c1-4-5(2)7(3)6/h5,7H,4H2,1-3H3. The zero-order valence-corrected chi connectivity index (χ0v) is 7.98. The first kappa shape index (κ1) is 7.70. The third-order valence-corrected chi connectivity index (χ3v) is 6.18. The fourth-order valence-corrected chi connectivity index (χ4v) is 2.10. The monoisotopic (exact) mass is 180 g/mol. The molecule has 0 aromatic carbocycles. The maximum absolute atomic E-state index is 3.64. The Morgan fingerprint density at radius 2 is 2.14 bits per heavy atom. The molecule has 2 unspecified atom stereocenters. The van der Waals surface area contributed by atoms with Gasteiger partial charge in [0, 0.05) is 0 Å². The zero-order valence-electron chi connectivity index (χ0n) is 5.24. The molecule has 0 rings (SSSR count). The van der Waals surface area contributed by atoms with E-state index in [-0.39, 0.29) is 0 Å². The SMILES string of the molecule is CCC(C)[SiH](C)Br. The Morgan fingerprint density at radius 3 is 2.14 bits per heavy atom. The highest BCUT2D eigenvalue weighted by atomic mass is 79.9. The average molecular weight is 181 g/mol. The molecule has 44 valence electrons. The van der Waals surface area contributed by atoms with E-state index < -0.39 is 7.42 Å². The van der Waals surface area contributed by atoms with E-state index in [0.29, 0.717) is 0 Å². The predicted octanol–water partition coefficient (Wildman–Crippen LogP) is 2.54. The van der Waals surface area contributed by atoms with Crippen molar-refractivity contribution in [3.8, 4) is 0 Å². The van der Waals surface area contributed by atoms with Gasteiger partial charge >= 0.3 is 0 Å². The van der Waals surface area contributed by atoms with Gasteiger partial charge in [0.1, 0.15) is 7.42 Å². The van der Waals surface area contributed by atoms with Crippen LogP contribution in [0.4, 0.5) is 0 Å². The van der Waals surface area contributed by atoms with Gasteiger partial charge in [-0.05, 0) is 5.54 Å². The summed E-state index contributed by atoms with van der Waals surface area (Å²) in [7, 11) is -0.452. The number of halogens is 1. The van der Waals surface area contributed by atoms with Crippen LogP contribution in [0.3, 0.4) is 0 Å². The molecule has 2 heteroatoms. The fourth-order valence-electron chi connectivity index (χ4n) is 0.325. The number of hydrogen-bond donors (Lipinski definition) is 0. The second-order valence-corrected chi connectivity index (χ2v) is 8.89. The van der Waals surface area contributed by atoms with Crippen LogP contribution in [0.1, 0.15) is 20.3 Å². The van der Waals surface area contributed by atoms with Crippen molar-refractivity contribution < 1.29 is 0 Å². The predicted molar refractivity (Wildman–Crippen MR) is 41.7 cm³/mol. The van der Waals surface area contributed by atoms with E-state index in [1.165, 1.54) is 6.42 Å². The largest absolute Gasteiger partial charge is 0.131 e. The molecule has 0 fully saturated rings. The lowest BCUT2D eigenvalue weighted by Gasteiger charge is -2.06. The van der Waals surface area contributed by atoms with E-state index in [4.69, 9.17) is 0 Å². The van der Waals surface area contributed by atoms with Crippen molar-refractivity contribution in [2.75, 3.05) is 0 Å². The van der Waals surface area contributed by atoms with Gasteiger partial charge in [-0.25, -0.2) is 0 Å². The third kappa shape index (κ3) is 3.29. The van der Waals surface area contributed by atoms with Gasteiger partial charge in [0.15, 0.2) is 0 Å². The summed E-state index contributed by atoms with van der Waals surface area (Å²) in [5.74, 6) is 0. The maximum atomic E-state index is 3.64. The minimum Gasteiger partial charge on any atom is -0.131 e. The fraction of sp³-hybridized carbons (Fsp3) is 1.00. The van der Waals surface area contributed by atoms with E-state index in [9.17, 15) is 0 Å². The summed E-state index contributed by atoms with van der Waals surface area (Å²) >= 11 is 3.64. The van der Waals surface area contributed by atoms with Gasteiger partial charge in [0.2, 0.25) is 0 Å². The van der Waals surface area contributed by atoms with Gasteiger partial charge in [-0.15, -0.1) is 15.3 Å². The van der Waals surface area contributed by atoms with E-state index in [1.54, 1.807) is 0 Å². The Labute approximate surface area is 55.5 Å². The lowest BCUT2D eigenvalue weighted by atomic mass is 10.4. The Morgan fingerprint density at radius 1 is 1.71 bits per heavy atom. The molecule has 0 nitrogen and oxygen atoms in total. The van der Waals surface area contributed by atoms with Crippen molar-refractivity contribution in [1.82, 2.24) is 0 Å². The highest BCUT2D eigenvalue weighted by Gasteiger charge is 2.05. The van der Waals surface area contributed by atoms with E-state index >= 15 is 0 Å². The van der Waals surface area contributed by atoms with Crippen LogP contribution in [0.2, 0.25) is 12.1 Å². The highest BCUT2D eigenvalue weighted by molar-refractivity contribution is 9.24. The summed E-state index contributed by atoms with van der Waals surface area (Å²) in [5, 5.41) is 0. The third-order valence-electron chi connectivity index (χ3n) is 1.43. The zero-order chi connectivity index (χ0) is 5.86. The van der Waals surface area contributed by atoms with Crippen LogP contribution in [0.5, 0.6) is 0 Å². The molecule has 0 aromatic rings. The second-order valence-electron chi connectivity index (χ2n) is 2.06. The topological polar surface area (TPSA) is 0 Å². The van der Waals surface area contributed by atoms with Crippen molar-refractivity contribution in [3.05, 3.63) is 0 Å². The Kier molecular flexibility index (Phi) is 4.03. The Balaban J connectivity index is 3.14. The van der Waals surface area contributed by atoms with Gasteiger partial charge in [-0.2, -0.15) is 0 Å². The smallest absolute Gasteiger partial charge is 0.114 e. The quantitative estimate of drug-likeness (QED) is 0.453. The van der Waals surface area contributed by atoms with Crippen LogP contribution < -0.4 is 0 Å². The molecule has 0 bridgehead atoms. The second kappa shape index (κ2) is 3.67. The molecule has 0 aliphatic heterocycles. The molecule has 0 saturated heterocycles. The number of rotatable bonds is 2. The van der Waals surface area contributed by atoms with Gasteiger partial charge in [-0.3, -0.25) is 0 Å². The molecule has 2 atom stereocenters. The summed E-state index contributed by atoms with van der Waals surface area (Å²) in [5.41, 5.74) is 0.958. The molecule has 0 spiro atoms. The van der Waals surface area contributed by atoms with Crippen molar-refractivity contribution in [2.24, 2.45) is 0 Å². The van der Waals surface area contributed by atoms with Crippen LogP contribution in [0.25, 0.3) is 0 Å². The summed E-state index contributed by atoms with van der Waals surface area (Å²) in [6.45, 7) is 6.88. The Hall–Kier alpha value is 0.697. The molecule has 0 radical (unpaired) electrons. The summed E-state index contributed by atoms with van der Waals surface area (Å²) in [6.07, 6.45) is 1.33. The van der Waals surface area contributed by atoms with Gasteiger partial charge in [0.05, 0.1) is 0 Å². The molecule has 0 aliphatic carbocycles. The molecule has 7 heavy (non-hydrogen) atoms. The van der Waals surface area contributed by atoms with Crippen LogP contribution in [0, 0.1) is 0 Å². The van der Waals surface area contributed by atoms with Crippen molar-refractivity contribution >= 4 is 22.7 Å². The minimum absolute atomic E-state index is 0.452. The lowest BCUT2D eigenvalue weighted by Crippen LogP contribution is -2.02. The van der Waals surface area contributed by atoms with Gasteiger partial charge in [0.25, 0.3) is 0 Å². The van der Waals surface area contributed by atoms with Crippen LogP contribution in [-0.4, -0.2) is 7.42 Å². The normalized spacial score (nSPS) is 18.9. The molecule has 0 N–H and O–H groups in total. The van der Waals surface area contributed by atoms with Gasteiger partial charge < -0.3 is 0 Å². The first-order valence-corrected chi connectivity index (χ1v) is 7.83. The first-order chi connectivity index (χ1) is 3.18. The van der Waals surface area contributed by atoms with E-state index in [1.807, 2.05) is 0 Å².